The van der Waals surface area contributed by atoms with Gasteiger partial charge in [0.1, 0.15) is 19.0 Å². The Morgan fingerprint density at radius 2 is 1.16 bits per heavy atom. The highest BCUT2D eigenvalue weighted by molar-refractivity contribution is 6.03. The maximum atomic E-state index is 14.0. The van der Waals surface area contributed by atoms with Gasteiger partial charge in [-0.1, -0.05) is 109 Å². The summed E-state index contributed by atoms with van der Waals surface area (Å²) in [6.45, 7) is 0.188. The van der Waals surface area contributed by atoms with E-state index in [2.05, 4.69) is 4.98 Å². The molecule has 11 nitrogen and oxygen atoms in total. The number of pyridine rings is 1. The molecule has 0 spiro atoms. The van der Waals surface area contributed by atoms with Crippen LogP contribution in [0.3, 0.4) is 0 Å². The Labute approximate surface area is 320 Å². The third-order valence-electron chi connectivity index (χ3n) is 9.79. The molecule has 1 aliphatic carbocycles. The van der Waals surface area contributed by atoms with E-state index in [9.17, 15) is 25.0 Å². The van der Waals surface area contributed by atoms with E-state index >= 15 is 0 Å². The summed E-state index contributed by atoms with van der Waals surface area (Å²) < 4.78 is 17.8. The molecule has 0 saturated heterocycles. The molecule has 56 heavy (non-hydrogen) atoms. The summed E-state index contributed by atoms with van der Waals surface area (Å²) in [4.78, 5) is 42.6. The van der Waals surface area contributed by atoms with Crippen LogP contribution in [0.5, 0.6) is 17.2 Å². The molecule has 0 fully saturated rings. The molecular formula is C45H31N3O8. The summed E-state index contributed by atoms with van der Waals surface area (Å²) in [5.74, 6) is -0.301. The van der Waals surface area contributed by atoms with Crippen molar-refractivity contribution in [1.82, 2.24) is 4.98 Å². The summed E-state index contributed by atoms with van der Waals surface area (Å²) >= 11 is 0. The zero-order valence-corrected chi connectivity index (χ0v) is 29.6. The molecule has 0 radical (unpaired) electrons. The van der Waals surface area contributed by atoms with Gasteiger partial charge in [0.05, 0.1) is 27.0 Å². The molecule has 11 heteroatoms. The fourth-order valence-corrected chi connectivity index (χ4v) is 7.36. The first kappa shape index (κ1) is 35.4. The first-order valence-corrected chi connectivity index (χ1v) is 17.6. The van der Waals surface area contributed by atoms with Crippen LogP contribution in [0.15, 0.2) is 164 Å². The number of benzene rings is 6. The van der Waals surface area contributed by atoms with Crippen molar-refractivity contribution in [2.45, 2.75) is 18.6 Å². The van der Waals surface area contributed by atoms with Gasteiger partial charge in [0.2, 0.25) is 0 Å². The van der Waals surface area contributed by atoms with Crippen LogP contribution < -0.4 is 14.2 Å². The Hall–Kier alpha value is -7.66. The van der Waals surface area contributed by atoms with Crippen LogP contribution >= 0.6 is 0 Å². The lowest BCUT2D eigenvalue weighted by Crippen LogP contribution is -2.29. The smallest absolute Gasteiger partial charge is 0.344 e. The summed E-state index contributed by atoms with van der Waals surface area (Å²) in [7, 11) is 0. The summed E-state index contributed by atoms with van der Waals surface area (Å²) in [6, 6.07) is 43.8. The van der Waals surface area contributed by atoms with E-state index in [0.717, 1.165) is 11.1 Å². The largest absolute Gasteiger partial charge is 0.482 e. The van der Waals surface area contributed by atoms with Crippen molar-refractivity contribution in [3.8, 4) is 28.4 Å². The Morgan fingerprint density at radius 3 is 1.71 bits per heavy atom. The Kier molecular flexibility index (Phi) is 9.47. The number of aromatic nitrogens is 1. The topological polar surface area (TPSA) is 144 Å². The van der Waals surface area contributed by atoms with Crippen LogP contribution in [0, 0.1) is 20.2 Å². The maximum absolute atomic E-state index is 14.0. The summed E-state index contributed by atoms with van der Waals surface area (Å²) in [5.41, 5.74) is 3.13. The zero-order chi connectivity index (χ0) is 38.6. The van der Waals surface area contributed by atoms with Gasteiger partial charge in [0.25, 0.3) is 0 Å². The Morgan fingerprint density at radius 1 is 0.607 bits per heavy atom. The number of fused-ring (bicyclic) bond motifs is 3. The van der Waals surface area contributed by atoms with Crippen LogP contribution in [-0.2, 0) is 18.6 Å². The normalized spacial score (nSPS) is 12.2. The van der Waals surface area contributed by atoms with Crippen molar-refractivity contribution in [1.29, 1.82) is 0 Å². The third-order valence-corrected chi connectivity index (χ3v) is 9.79. The number of hydrogen-bond donors (Lipinski definition) is 0. The number of nitro benzene ring substituents is 2. The lowest BCUT2D eigenvalue weighted by atomic mass is 9.67. The van der Waals surface area contributed by atoms with Gasteiger partial charge in [-0.25, -0.2) is 4.79 Å². The highest BCUT2D eigenvalue weighted by Gasteiger charge is 2.49. The fourth-order valence-electron chi connectivity index (χ4n) is 7.36. The number of nitro groups is 2. The van der Waals surface area contributed by atoms with E-state index in [4.69, 9.17) is 14.2 Å². The lowest BCUT2D eigenvalue weighted by Gasteiger charge is -2.34. The van der Waals surface area contributed by atoms with Crippen molar-refractivity contribution in [2.24, 2.45) is 0 Å². The average Bonchev–Trinajstić information content (AvgIpc) is 3.54. The molecule has 1 heterocycles. The minimum atomic E-state index is -1.40. The van der Waals surface area contributed by atoms with E-state index in [1.165, 1.54) is 18.3 Å². The molecule has 8 rings (SSSR count). The molecule has 0 saturated carbocycles. The van der Waals surface area contributed by atoms with Gasteiger partial charge >= 0.3 is 17.3 Å². The first-order valence-electron chi connectivity index (χ1n) is 17.6. The SMILES string of the molecule is O=C(Oc1cccnc1)c1cccc2c1-c1ccccc1C2(c1ccc(OCc2ccccc2)c([N+](=O)[O-])c1)c1ccc(OCc2ccccc2)c([N+](=O)[O-])c1. The van der Waals surface area contributed by atoms with Crippen LogP contribution in [0.25, 0.3) is 11.1 Å². The highest BCUT2D eigenvalue weighted by Crippen LogP contribution is 2.58. The molecule has 6 aromatic carbocycles. The number of rotatable bonds is 12. The second-order valence-corrected chi connectivity index (χ2v) is 13.0. The van der Waals surface area contributed by atoms with Crippen molar-refractivity contribution < 1.29 is 28.9 Å². The van der Waals surface area contributed by atoms with Crippen molar-refractivity contribution >= 4 is 17.3 Å². The predicted molar refractivity (Wildman–Crippen MR) is 208 cm³/mol. The number of ether oxygens (including phenoxy) is 3. The van der Waals surface area contributed by atoms with E-state index in [0.29, 0.717) is 33.4 Å². The fraction of sp³-hybridized carbons (Fsp3) is 0.0667. The van der Waals surface area contributed by atoms with E-state index in [1.54, 1.807) is 54.7 Å². The quantitative estimate of drug-likeness (QED) is 0.0679. The van der Waals surface area contributed by atoms with Crippen molar-refractivity contribution in [2.75, 3.05) is 0 Å². The van der Waals surface area contributed by atoms with Crippen LogP contribution in [0.2, 0.25) is 0 Å². The maximum Gasteiger partial charge on any atom is 0.344 e. The second-order valence-electron chi connectivity index (χ2n) is 13.0. The first-order chi connectivity index (χ1) is 27.3. The van der Waals surface area contributed by atoms with Crippen molar-refractivity contribution in [3.05, 3.63) is 223 Å². The number of carbonyl (C=O) groups excluding carboxylic acids is 1. The standard InChI is InChI=1S/C45H31N3O8/c49-44(56-34-15-10-24-46-27-34)36-17-9-19-38-43(36)35-16-7-8-18-37(35)45(38,32-20-22-41(39(25-32)47(50)51)54-28-30-11-3-1-4-12-30)33-21-23-42(40(26-33)48(52)53)55-29-31-13-5-2-6-14-31/h1-27H,28-29H2. The Balaban J connectivity index is 1.34. The van der Waals surface area contributed by atoms with Gasteiger partial charge in [-0.15, -0.1) is 0 Å². The van der Waals surface area contributed by atoms with Crippen LogP contribution in [0.1, 0.15) is 43.7 Å². The van der Waals surface area contributed by atoms with Crippen LogP contribution in [0.4, 0.5) is 11.4 Å². The monoisotopic (exact) mass is 741 g/mol. The average molecular weight is 742 g/mol. The van der Waals surface area contributed by atoms with Gasteiger partial charge in [-0.05, 0) is 69.3 Å². The Bertz CT molecular complexity index is 2490. The van der Waals surface area contributed by atoms with Gasteiger partial charge < -0.3 is 14.2 Å². The van der Waals surface area contributed by atoms with Gasteiger partial charge in [0.15, 0.2) is 11.5 Å². The van der Waals surface area contributed by atoms with Crippen molar-refractivity contribution in [3.63, 3.8) is 0 Å². The zero-order valence-electron chi connectivity index (χ0n) is 29.6. The molecule has 7 aromatic rings. The molecule has 0 unspecified atom stereocenters. The third kappa shape index (κ3) is 6.47. The molecule has 1 aliphatic rings. The van der Waals surface area contributed by atoms with Gasteiger partial charge in [-0.2, -0.15) is 0 Å². The minimum absolute atomic E-state index is 0.0497. The number of esters is 1. The summed E-state index contributed by atoms with van der Waals surface area (Å²) in [5, 5.41) is 25.6. The number of hydrogen-bond acceptors (Lipinski definition) is 9. The van der Waals surface area contributed by atoms with Gasteiger partial charge in [-0.3, -0.25) is 25.2 Å². The molecule has 0 amide bonds. The second kappa shape index (κ2) is 15.0. The van der Waals surface area contributed by atoms with E-state index < -0.39 is 21.2 Å². The lowest BCUT2D eigenvalue weighted by molar-refractivity contribution is -0.386. The molecular weight excluding hydrogens is 711 g/mol. The number of carbonyl (C=O) groups is 1. The molecule has 0 bridgehead atoms. The number of nitrogens with zero attached hydrogens (tertiary/aromatic N) is 3. The van der Waals surface area contributed by atoms with E-state index in [1.807, 2.05) is 91.0 Å². The molecule has 0 aliphatic heterocycles. The van der Waals surface area contributed by atoms with Gasteiger partial charge in [0, 0.05) is 23.9 Å². The molecule has 0 atom stereocenters. The molecule has 1 aromatic heterocycles. The minimum Gasteiger partial charge on any atom is -0.482 e. The predicted octanol–water partition coefficient (Wildman–Crippen LogP) is 9.64. The summed E-state index contributed by atoms with van der Waals surface area (Å²) in [6.07, 6.45) is 3.00. The van der Waals surface area contributed by atoms with Crippen LogP contribution in [-0.4, -0.2) is 20.8 Å². The van der Waals surface area contributed by atoms with E-state index in [-0.39, 0.29) is 47.4 Å². The highest BCUT2D eigenvalue weighted by atomic mass is 16.6. The molecule has 0 N–H and O–H groups in total. The molecule has 274 valence electrons.